The standard InChI is InChI=1S/C24H20N2O2S/c1-16-3-9-19(10-4-16)25-24-26(20-11-5-17(2)6-12-20)23(28)22(29-24)15-18-7-13-21(27)14-8-18/h3-15,27H,1-2H3/b22-15-,25-24-. The number of thioether (sulfide) groups is 1. The van der Waals surface area contributed by atoms with Gasteiger partial charge in [-0.1, -0.05) is 47.5 Å². The molecule has 1 aliphatic rings. The topological polar surface area (TPSA) is 52.9 Å². The number of benzene rings is 3. The molecule has 0 saturated carbocycles. The number of aliphatic imine (C=N–C) groups is 1. The quantitative estimate of drug-likeness (QED) is 0.564. The Kier molecular flexibility index (Phi) is 5.23. The van der Waals surface area contributed by atoms with Gasteiger partial charge in [-0.2, -0.15) is 0 Å². The summed E-state index contributed by atoms with van der Waals surface area (Å²) < 4.78 is 0. The highest BCUT2D eigenvalue weighted by Crippen LogP contribution is 2.37. The smallest absolute Gasteiger partial charge is 0.271 e. The van der Waals surface area contributed by atoms with Crippen LogP contribution in [0.15, 0.2) is 82.7 Å². The zero-order valence-electron chi connectivity index (χ0n) is 16.2. The Bertz CT molecular complexity index is 1100. The number of phenolic OH excluding ortho intramolecular Hbond substituents is 1. The van der Waals surface area contributed by atoms with Crippen LogP contribution in [-0.2, 0) is 4.79 Å². The summed E-state index contributed by atoms with van der Waals surface area (Å²) in [6.45, 7) is 4.05. The average molecular weight is 401 g/mol. The normalized spacial score (nSPS) is 16.8. The van der Waals surface area contributed by atoms with E-state index in [1.807, 2.05) is 68.5 Å². The lowest BCUT2D eigenvalue weighted by Crippen LogP contribution is -2.28. The largest absolute Gasteiger partial charge is 0.508 e. The van der Waals surface area contributed by atoms with E-state index in [4.69, 9.17) is 4.99 Å². The Balaban J connectivity index is 1.76. The van der Waals surface area contributed by atoms with Gasteiger partial charge in [-0.25, -0.2) is 4.99 Å². The maximum atomic E-state index is 13.2. The molecule has 29 heavy (non-hydrogen) atoms. The number of aromatic hydroxyl groups is 1. The van der Waals surface area contributed by atoms with Gasteiger partial charge in [0.25, 0.3) is 5.91 Å². The molecule has 0 aromatic heterocycles. The van der Waals surface area contributed by atoms with E-state index in [1.165, 1.54) is 11.8 Å². The number of nitrogens with zero attached hydrogens (tertiary/aromatic N) is 2. The number of rotatable bonds is 3. The molecule has 0 aliphatic carbocycles. The number of anilines is 1. The molecule has 3 aromatic rings. The van der Waals surface area contributed by atoms with Crippen molar-refractivity contribution in [2.75, 3.05) is 4.90 Å². The Morgan fingerprint density at radius 3 is 2.07 bits per heavy atom. The predicted octanol–water partition coefficient (Wildman–Crippen LogP) is 5.82. The van der Waals surface area contributed by atoms with Gasteiger partial charge in [0, 0.05) is 0 Å². The van der Waals surface area contributed by atoms with Crippen LogP contribution in [0.4, 0.5) is 11.4 Å². The van der Waals surface area contributed by atoms with Gasteiger partial charge in [-0.05, 0) is 73.6 Å². The molecule has 0 radical (unpaired) electrons. The van der Waals surface area contributed by atoms with Crippen LogP contribution < -0.4 is 4.90 Å². The summed E-state index contributed by atoms with van der Waals surface area (Å²) in [6, 6.07) is 22.5. The van der Waals surface area contributed by atoms with Gasteiger partial charge in [0.2, 0.25) is 0 Å². The van der Waals surface area contributed by atoms with Crippen molar-refractivity contribution in [2.45, 2.75) is 13.8 Å². The zero-order chi connectivity index (χ0) is 20.4. The van der Waals surface area contributed by atoms with Crippen LogP contribution in [0.5, 0.6) is 5.75 Å². The van der Waals surface area contributed by atoms with Crippen molar-refractivity contribution >= 4 is 40.3 Å². The first-order valence-corrected chi connectivity index (χ1v) is 10.1. The second kappa shape index (κ2) is 7.97. The molecule has 4 rings (SSSR count). The van der Waals surface area contributed by atoms with E-state index >= 15 is 0 Å². The van der Waals surface area contributed by atoms with Crippen LogP contribution in [0.3, 0.4) is 0 Å². The van der Waals surface area contributed by atoms with E-state index in [1.54, 1.807) is 29.2 Å². The summed E-state index contributed by atoms with van der Waals surface area (Å²) in [7, 11) is 0. The first-order valence-electron chi connectivity index (χ1n) is 9.25. The van der Waals surface area contributed by atoms with E-state index in [9.17, 15) is 9.90 Å². The van der Waals surface area contributed by atoms with Crippen molar-refractivity contribution in [3.63, 3.8) is 0 Å². The van der Waals surface area contributed by atoms with Gasteiger partial charge in [0.1, 0.15) is 5.75 Å². The molecule has 1 amide bonds. The van der Waals surface area contributed by atoms with Crippen LogP contribution in [0.2, 0.25) is 0 Å². The molecule has 3 aromatic carbocycles. The molecule has 0 spiro atoms. The maximum absolute atomic E-state index is 13.2. The SMILES string of the molecule is Cc1ccc(/N=C2\S/C(=C\c3ccc(O)cc3)C(=O)N2c2ccc(C)cc2)cc1. The molecule has 1 fully saturated rings. The Morgan fingerprint density at radius 1 is 0.862 bits per heavy atom. The number of hydrogen-bond donors (Lipinski definition) is 1. The molecular formula is C24H20N2O2S. The van der Waals surface area contributed by atoms with Crippen LogP contribution in [0.1, 0.15) is 16.7 Å². The fourth-order valence-corrected chi connectivity index (χ4v) is 3.92. The van der Waals surface area contributed by atoms with Crippen molar-refractivity contribution in [1.29, 1.82) is 0 Å². The second-order valence-corrected chi connectivity index (χ2v) is 7.92. The molecule has 5 heteroatoms. The first kappa shape index (κ1) is 19.0. The predicted molar refractivity (Wildman–Crippen MR) is 121 cm³/mol. The van der Waals surface area contributed by atoms with Gasteiger partial charge in [0.05, 0.1) is 16.3 Å². The number of hydrogen-bond acceptors (Lipinski definition) is 4. The summed E-state index contributed by atoms with van der Waals surface area (Å²) in [5.74, 6) is 0.0817. The minimum atomic E-state index is -0.113. The maximum Gasteiger partial charge on any atom is 0.271 e. The molecule has 0 unspecified atom stereocenters. The molecule has 1 saturated heterocycles. The van der Waals surface area contributed by atoms with Crippen LogP contribution in [0, 0.1) is 13.8 Å². The van der Waals surface area contributed by atoms with E-state index < -0.39 is 0 Å². The second-order valence-electron chi connectivity index (χ2n) is 6.91. The molecule has 0 bridgehead atoms. The molecule has 1 heterocycles. The number of aryl methyl sites for hydroxylation is 2. The van der Waals surface area contributed by atoms with Crippen LogP contribution in [-0.4, -0.2) is 16.2 Å². The van der Waals surface area contributed by atoms with Crippen molar-refractivity contribution < 1.29 is 9.90 Å². The minimum absolute atomic E-state index is 0.113. The lowest BCUT2D eigenvalue weighted by molar-refractivity contribution is -0.113. The van der Waals surface area contributed by atoms with E-state index in [0.717, 1.165) is 28.1 Å². The van der Waals surface area contributed by atoms with Gasteiger partial charge in [-0.3, -0.25) is 9.69 Å². The number of amides is 1. The van der Waals surface area contributed by atoms with Gasteiger partial charge in [-0.15, -0.1) is 0 Å². The van der Waals surface area contributed by atoms with Crippen molar-refractivity contribution in [1.82, 2.24) is 0 Å². The monoisotopic (exact) mass is 400 g/mol. The molecular weight excluding hydrogens is 380 g/mol. The highest BCUT2D eigenvalue weighted by atomic mass is 32.2. The highest BCUT2D eigenvalue weighted by molar-refractivity contribution is 8.19. The van der Waals surface area contributed by atoms with E-state index in [2.05, 4.69) is 0 Å². The Hall–Kier alpha value is -3.31. The van der Waals surface area contributed by atoms with Gasteiger partial charge < -0.3 is 5.11 Å². The molecule has 0 atom stereocenters. The summed E-state index contributed by atoms with van der Waals surface area (Å²) in [6.07, 6.45) is 1.82. The Morgan fingerprint density at radius 2 is 1.45 bits per heavy atom. The summed E-state index contributed by atoms with van der Waals surface area (Å²) >= 11 is 1.35. The minimum Gasteiger partial charge on any atom is -0.508 e. The van der Waals surface area contributed by atoms with Crippen molar-refractivity contribution in [3.8, 4) is 5.75 Å². The molecule has 144 valence electrons. The number of carbonyl (C=O) groups is 1. The fourth-order valence-electron chi connectivity index (χ4n) is 2.92. The summed E-state index contributed by atoms with van der Waals surface area (Å²) in [5, 5.41) is 10.1. The van der Waals surface area contributed by atoms with Gasteiger partial charge in [0.15, 0.2) is 5.17 Å². The lowest BCUT2D eigenvalue weighted by atomic mass is 10.2. The molecule has 4 nitrogen and oxygen atoms in total. The Labute approximate surface area is 174 Å². The molecule has 1 N–H and O–H groups in total. The van der Waals surface area contributed by atoms with Crippen LogP contribution in [0.25, 0.3) is 6.08 Å². The van der Waals surface area contributed by atoms with Crippen LogP contribution >= 0.6 is 11.8 Å². The summed E-state index contributed by atoms with van der Waals surface area (Å²) in [5.41, 5.74) is 4.72. The third-order valence-electron chi connectivity index (χ3n) is 4.55. The number of phenols is 1. The lowest BCUT2D eigenvalue weighted by Gasteiger charge is -2.16. The van der Waals surface area contributed by atoms with Crippen molar-refractivity contribution in [2.24, 2.45) is 4.99 Å². The number of amidine groups is 1. The molecule has 1 aliphatic heterocycles. The van der Waals surface area contributed by atoms with Crippen molar-refractivity contribution in [3.05, 3.63) is 94.4 Å². The first-order chi connectivity index (χ1) is 14.0. The third-order valence-corrected chi connectivity index (χ3v) is 5.52. The average Bonchev–Trinajstić information content (AvgIpc) is 3.01. The zero-order valence-corrected chi connectivity index (χ0v) is 17.0. The summed E-state index contributed by atoms with van der Waals surface area (Å²) in [4.78, 5) is 20.2. The number of carbonyl (C=O) groups excluding carboxylic acids is 1. The fraction of sp³-hybridized carbons (Fsp3) is 0.0833. The van der Waals surface area contributed by atoms with E-state index in [-0.39, 0.29) is 11.7 Å². The highest BCUT2D eigenvalue weighted by Gasteiger charge is 2.34. The van der Waals surface area contributed by atoms with Gasteiger partial charge >= 0.3 is 0 Å². The third kappa shape index (κ3) is 4.25. The van der Waals surface area contributed by atoms with E-state index in [0.29, 0.717) is 10.1 Å².